The summed E-state index contributed by atoms with van der Waals surface area (Å²) in [7, 11) is 3.53. The quantitative estimate of drug-likeness (QED) is 0.611. The molecule has 0 radical (unpaired) electrons. The van der Waals surface area contributed by atoms with Gasteiger partial charge in [0.25, 0.3) is 0 Å². The van der Waals surface area contributed by atoms with Crippen LogP contribution in [0.15, 0.2) is 30.3 Å². The van der Waals surface area contributed by atoms with Crippen LogP contribution in [-0.2, 0) is 4.52 Å². The minimum atomic E-state index is -0.750. The van der Waals surface area contributed by atoms with E-state index in [4.69, 9.17) is 16.7 Å². The molecule has 1 aliphatic rings. The van der Waals surface area contributed by atoms with E-state index in [-0.39, 0.29) is 5.60 Å². The molecule has 0 aliphatic carbocycles. The standard InChI is InChI=1S/C17H29N4OPS/c1-13-14(2)21(6)23(20(13)5)22-17(3,4)12-18-16(24)19-15-10-8-7-9-11-15/h7-11,13-14H,12H2,1-6H3,(H2,18,19,24)/t13-,14-/m1/s1. The van der Waals surface area contributed by atoms with Crippen molar-refractivity contribution in [2.45, 2.75) is 45.4 Å². The Morgan fingerprint density at radius 2 is 1.71 bits per heavy atom. The van der Waals surface area contributed by atoms with E-state index in [1.807, 2.05) is 30.3 Å². The summed E-state index contributed by atoms with van der Waals surface area (Å²) < 4.78 is 11.1. The Kier molecular flexibility index (Phi) is 6.57. The van der Waals surface area contributed by atoms with Gasteiger partial charge in [-0.3, -0.25) is 0 Å². The third-order valence-corrected chi connectivity index (χ3v) is 7.16. The number of thiocarbonyl (C=S) groups is 1. The van der Waals surface area contributed by atoms with E-state index < -0.39 is 8.45 Å². The van der Waals surface area contributed by atoms with Crippen molar-refractivity contribution in [1.29, 1.82) is 0 Å². The second kappa shape index (κ2) is 8.07. The van der Waals surface area contributed by atoms with Gasteiger partial charge < -0.3 is 15.2 Å². The van der Waals surface area contributed by atoms with Crippen LogP contribution in [0.2, 0.25) is 0 Å². The molecule has 0 saturated carbocycles. The van der Waals surface area contributed by atoms with Crippen LogP contribution in [0.4, 0.5) is 5.69 Å². The first kappa shape index (κ1) is 19.5. The van der Waals surface area contributed by atoms with Gasteiger partial charge in [-0.05, 0) is 66.1 Å². The number of hydrogen-bond donors (Lipinski definition) is 2. The fraction of sp³-hybridized carbons (Fsp3) is 0.588. The number of rotatable bonds is 5. The monoisotopic (exact) mass is 368 g/mol. The Morgan fingerprint density at radius 1 is 1.17 bits per heavy atom. The normalized spacial score (nSPS) is 23.4. The molecule has 7 heteroatoms. The largest absolute Gasteiger partial charge is 0.360 e. The van der Waals surface area contributed by atoms with E-state index in [0.717, 1.165) is 5.69 Å². The maximum absolute atomic E-state index is 6.43. The molecular weight excluding hydrogens is 339 g/mol. The van der Waals surface area contributed by atoms with Crippen LogP contribution in [0, 0.1) is 0 Å². The highest BCUT2D eigenvalue weighted by molar-refractivity contribution is 7.80. The first-order chi connectivity index (χ1) is 11.2. The van der Waals surface area contributed by atoms with Gasteiger partial charge in [0.1, 0.15) is 0 Å². The molecule has 1 aromatic rings. The van der Waals surface area contributed by atoms with Crippen molar-refractivity contribution >= 4 is 31.5 Å². The Morgan fingerprint density at radius 3 is 2.25 bits per heavy atom. The number of likely N-dealkylation sites (N-methyl/N-ethyl adjacent to an activating group) is 2. The summed E-state index contributed by atoms with van der Waals surface area (Å²) in [5.74, 6) is 0. The van der Waals surface area contributed by atoms with E-state index in [1.165, 1.54) is 0 Å². The van der Waals surface area contributed by atoms with Crippen molar-refractivity contribution in [2.75, 3.05) is 26.0 Å². The summed E-state index contributed by atoms with van der Waals surface area (Å²) in [6.45, 7) is 9.34. The predicted molar refractivity (Wildman–Crippen MR) is 107 cm³/mol. The second-order valence-electron chi connectivity index (χ2n) is 6.91. The average molecular weight is 368 g/mol. The van der Waals surface area contributed by atoms with Crippen molar-refractivity contribution in [1.82, 2.24) is 14.7 Å². The molecule has 24 heavy (non-hydrogen) atoms. The maximum atomic E-state index is 6.43. The van der Waals surface area contributed by atoms with Crippen LogP contribution in [0.1, 0.15) is 27.7 Å². The van der Waals surface area contributed by atoms with Crippen LogP contribution in [0.5, 0.6) is 0 Å². The van der Waals surface area contributed by atoms with E-state index in [9.17, 15) is 0 Å². The SMILES string of the molecule is C[C@@H]1[C@@H](C)N(C)P(OC(C)(C)CNC(=S)Nc2ccccc2)N1C. The highest BCUT2D eigenvalue weighted by atomic mass is 32.1. The van der Waals surface area contributed by atoms with Gasteiger partial charge in [0.05, 0.1) is 5.60 Å². The Hall–Kier alpha value is -0.780. The lowest BCUT2D eigenvalue weighted by molar-refractivity contribution is 0.114. The van der Waals surface area contributed by atoms with Gasteiger partial charge in [-0.1, -0.05) is 18.2 Å². The zero-order chi connectivity index (χ0) is 17.9. The van der Waals surface area contributed by atoms with Crippen LogP contribution in [0.25, 0.3) is 0 Å². The van der Waals surface area contributed by atoms with Gasteiger partial charge in [-0.15, -0.1) is 0 Å². The topological polar surface area (TPSA) is 39.8 Å². The molecule has 1 fully saturated rings. The molecule has 0 bridgehead atoms. The number of nitrogens with zero attached hydrogens (tertiary/aromatic N) is 2. The molecular formula is C17H29N4OPS. The summed E-state index contributed by atoms with van der Waals surface area (Å²) in [5, 5.41) is 7.07. The second-order valence-corrected chi connectivity index (χ2v) is 9.26. The highest BCUT2D eigenvalue weighted by Crippen LogP contribution is 2.54. The number of benzene rings is 1. The summed E-state index contributed by atoms with van der Waals surface area (Å²) in [6, 6.07) is 10.9. The Bertz CT molecular complexity index is 543. The van der Waals surface area contributed by atoms with Gasteiger partial charge >= 0.3 is 0 Å². The molecule has 0 spiro atoms. The van der Waals surface area contributed by atoms with Crippen LogP contribution < -0.4 is 10.6 Å². The lowest BCUT2D eigenvalue weighted by atomic mass is 10.1. The molecule has 134 valence electrons. The van der Waals surface area contributed by atoms with Crippen molar-refractivity contribution in [2.24, 2.45) is 0 Å². The summed E-state index contributed by atoms with van der Waals surface area (Å²) in [6.07, 6.45) is 0. The molecule has 1 heterocycles. The van der Waals surface area contributed by atoms with Crippen LogP contribution >= 0.6 is 20.7 Å². The van der Waals surface area contributed by atoms with Crippen molar-refractivity contribution in [3.05, 3.63) is 30.3 Å². The molecule has 5 nitrogen and oxygen atoms in total. The zero-order valence-corrected chi connectivity index (χ0v) is 17.1. The number of hydrogen-bond acceptors (Lipinski definition) is 4. The molecule has 1 saturated heterocycles. The summed E-state index contributed by atoms with van der Waals surface area (Å²) >= 11 is 5.38. The summed E-state index contributed by atoms with van der Waals surface area (Å²) in [5.41, 5.74) is 0.663. The van der Waals surface area contributed by atoms with Crippen molar-refractivity contribution in [3.63, 3.8) is 0 Å². The smallest absolute Gasteiger partial charge is 0.188 e. The van der Waals surface area contributed by atoms with Gasteiger partial charge in [0.2, 0.25) is 0 Å². The summed E-state index contributed by atoms with van der Waals surface area (Å²) in [4.78, 5) is 0. The molecule has 2 rings (SSSR count). The third kappa shape index (κ3) is 4.87. The first-order valence-corrected chi connectivity index (χ1v) is 9.83. The molecule has 0 aromatic heterocycles. The molecule has 1 aromatic carbocycles. The molecule has 2 atom stereocenters. The fourth-order valence-electron chi connectivity index (χ4n) is 2.53. The lowest BCUT2D eigenvalue weighted by Gasteiger charge is -2.34. The fourth-order valence-corrected chi connectivity index (χ4v) is 4.94. The van der Waals surface area contributed by atoms with Gasteiger partial charge in [0, 0.05) is 24.3 Å². The molecule has 0 amide bonds. The number of nitrogens with one attached hydrogen (secondary N) is 2. The maximum Gasteiger partial charge on any atom is 0.188 e. The first-order valence-electron chi connectivity index (χ1n) is 8.26. The number of anilines is 1. The van der Waals surface area contributed by atoms with Crippen LogP contribution in [-0.4, -0.2) is 52.8 Å². The average Bonchev–Trinajstić information content (AvgIpc) is 2.72. The lowest BCUT2D eigenvalue weighted by Crippen LogP contribution is -2.42. The Labute approximate surface area is 152 Å². The van der Waals surface area contributed by atoms with Gasteiger partial charge in [-0.25, -0.2) is 9.34 Å². The van der Waals surface area contributed by atoms with Crippen LogP contribution in [0.3, 0.4) is 0 Å². The minimum Gasteiger partial charge on any atom is -0.360 e. The highest BCUT2D eigenvalue weighted by Gasteiger charge is 2.42. The van der Waals surface area contributed by atoms with E-state index in [1.54, 1.807) is 0 Å². The number of para-hydroxylation sites is 1. The van der Waals surface area contributed by atoms with Gasteiger partial charge in [-0.2, -0.15) is 0 Å². The van der Waals surface area contributed by atoms with E-state index in [2.05, 4.69) is 61.8 Å². The van der Waals surface area contributed by atoms with Crippen molar-refractivity contribution in [3.8, 4) is 0 Å². The van der Waals surface area contributed by atoms with Gasteiger partial charge in [0.15, 0.2) is 13.6 Å². The molecule has 0 unspecified atom stereocenters. The third-order valence-electron chi connectivity index (χ3n) is 4.45. The van der Waals surface area contributed by atoms with E-state index >= 15 is 0 Å². The molecule has 2 N–H and O–H groups in total. The zero-order valence-electron chi connectivity index (χ0n) is 15.4. The predicted octanol–water partition coefficient (Wildman–Crippen LogP) is 3.65. The van der Waals surface area contributed by atoms with E-state index in [0.29, 0.717) is 23.7 Å². The Balaban J connectivity index is 1.86. The minimum absolute atomic E-state index is 0.319. The molecule has 1 aliphatic heterocycles. The van der Waals surface area contributed by atoms with Crippen molar-refractivity contribution < 1.29 is 4.52 Å².